The van der Waals surface area contributed by atoms with Crippen LogP contribution in [0, 0.1) is 0 Å². The van der Waals surface area contributed by atoms with E-state index in [1.54, 1.807) is 12.4 Å². The summed E-state index contributed by atoms with van der Waals surface area (Å²) >= 11 is 0. The number of aromatic nitrogens is 2. The van der Waals surface area contributed by atoms with Gasteiger partial charge in [-0.3, -0.25) is 0 Å². The first-order valence-corrected chi connectivity index (χ1v) is 9.06. The van der Waals surface area contributed by atoms with E-state index in [1.807, 2.05) is 6.92 Å². The Hall–Kier alpha value is -2.84. The molecule has 2 aromatic rings. The molecule has 0 aliphatic carbocycles. The van der Waals surface area contributed by atoms with Crippen LogP contribution in [0.2, 0.25) is 0 Å². The van der Waals surface area contributed by atoms with Gasteiger partial charge in [-0.15, -0.1) is 0 Å². The maximum atomic E-state index is 13.1. The molecule has 150 valence electrons. The highest BCUT2D eigenvalue weighted by Crippen LogP contribution is 2.34. The van der Waals surface area contributed by atoms with Gasteiger partial charge in [0.05, 0.1) is 17.8 Å². The summed E-state index contributed by atoms with van der Waals surface area (Å²) in [5.74, 6) is 0. The highest BCUT2D eigenvalue weighted by molar-refractivity contribution is 5.90. The van der Waals surface area contributed by atoms with Crippen LogP contribution < -0.4 is 10.1 Å². The van der Waals surface area contributed by atoms with Gasteiger partial charge in [-0.2, -0.15) is 13.2 Å². The summed E-state index contributed by atoms with van der Waals surface area (Å²) < 4.78 is 45.0. The summed E-state index contributed by atoms with van der Waals surface area (Å²) in [5.41, 5.74) is -0.153. The van der Waals surface area contributed by atoms with E-state index in [1.165, 1.54) is 23.1 Å². The average molecular weight is 394 g/mol. The van der Waals surface area contributed by atoms with Gasteiger partial charge in [0.2, 0.25) is 0 Å². The first kappa shape index (κ1) is 19.9. The van der Waals surface area contributed by atoms with Crippen molar-refractivity contribution in [3.05, 3.63) is 47.8 Å². The second-order valence-electron chi connectivity index (χ2n) is 6.53. The molecule has 3 rings (SSSR count). The van der Waals surface area contributed by atoms with Crippen molar-refractivity contribution in [2.24, 2.45) is 0 Å². The highest BCUT2D eigenvalue weighted by Gasteiger charge is 2.34. The number of likely N-dealkylation sites (tertiary alicyclic amines) is 1. The molecule has 6 nitrogen and oxygen atoms in total. The van der Waals surface area contributed by atoms with Crippen molar-refractivity contribution in [2.45, 2.75) is 38.5 Å². The maximum absolute atomic E-state index is 13.1. The minimum atomic E-state index is -4.54. The lowest BCUT2D eigenvalue weighted by Gasteiger charge is -2.32. The zero-order chi connectivity index (χ0) is 20.1. The van der Waals surface area contributed by atoms with E-state index in [4.69, 9.17) is 4.74 Å². The molecule has 1 atom stereocenters. The molecule has 0 bridgehead atoms. The van der Waals surface area contributed by atoms with E-state index in [0.29, 0.717) is 19.4 Å². The van der Waals surface area contributed by atoms with Crippen LogP contribution in [0.5, 0.6) is 6.01 Å². The number of nitrogens with zero attached hydrogens (tertiary/aromatic N) is 3. The standard InChI is InChI=1S/C19H21F3N4O2/c1-2-13-10-23-17(24-11-13)28-14-6-5-9-26(12-14)18(27)25-16-8-4-3-7-15(16)19(20,21)22/h3-4,7-8,10-11,14H,2,5-6,9,12H2,1H3,(H,25,27). The molecular formula is C19H21F3N4O2. The van der Waals surface area contributed by atoms with Crippen LogP contribution >= 0.6 is 0 Å². The Balaban J connectivity index is 1.63. The number of para-hydroxylation sites is 1. The van der Waals surface area contributed by atoms with Gasteiger partial charge in [0.15, 0.2) is 0 Å². The molecule has 1 saturated heterocycles. The lowest BCUT2D eigenvalue weighted by molar-refractivity contribution is -0.136. The summed E-state index contributed by atoms with van der Waals surface area (Å²) in [6.07, 6.45) is 0.711. The Morgan fingerprint density at radius 3 is 2.68 bits per heavy atom. The molecule has 1 aromatic carbocycles. The zero-order valence-corrected chi connectivity index (χ0v) is 15.4. The van der Waals surface area contributed by atoms with E-state index >= 15 is 0 Å². The first-order chi connectivity index (χ1) is 13.4. The van der Waals surface area contributed by atoms with Crippen molar-refractivity contribution in [1.82, 2.24) is 14.9 Å². The fraction of sp³-hybridized carbons (Fsp3) is 0.421. The first-order valence-electron chi connectivity index (χ1n) is 9.06. The Morgan fingerprint density at radius 2 is 2.00 bits per heavy atom. The summed E-state index contributed by atoms with van der Waals surface area (Å²) in [6, 6.07) is 4.55. The lowest BCUT2D eigenvalue weighted by Crippen LogP contribution is -2.46. The Bertz CT molecular complexity index is 812. The van der Waals surface area contributed by atoms with Crippen molar-refractivity contribution in [1.29, 1.82) is 0 Å². The predicted octanol–water partition coefficient (Wildman–Crippen LogP) is 4.13. The number of anilines is 1. The number of ether oxygens (including phenoxy) is 1. The topological polar surface area (TPSA) is 67.3 Å². The molecule has 1 N–H and O–H groups in total. The Morgan fingerprint density at radius 1 is 1.29 bits per heavy atom. The summed E-state index contributed by atoms with van der Waals surface area (Å²) in [6.45, 7) is 2.68. The highest BCUT2D eigenvalue weighted by atomic mass is 19.4. The molecule has 1 aromatic heterocycles. The van der Waals surface area contributed by atoms with Crippen LogP contribution in [0.3, 0.4) is 0 Å². The third-order valence-corrected chi connectivity index (χ3v) is 4.50. The van der Waals surface area contributed by atoms with Crippen LogP contribution in [0.15, 0.2) is 36.7 Å². The number of amides is 2. The number of carbonyl (C=O) groups excluding carboxylic acids is 1. The number of carbonyl (C=O) groups is 1. The van der Waals surface area contributed by atoms with Crippen molar-refractivity contribution in [2.75, 3.05) is 18.4 Å². The molecule has 2 amide bonds. The molecule has 28 heavy (non-hydrogen) atoms. The third kappa shape index (κ3) is 4.90. The molecule has 1 unspecified atom stereocenters. The van der Waals surface area contributed by atoms with E-state index in [0.717, 1.165) is 18.1 Å². The molecule has 1 aliphatic heterocycles. The lowest BCUT2D eigenvalue weighted by atomic mass is 10.1. The number of hydrogen-bond acceptors (Lipinski definition) is 4. The minimum absolute atomic E-state index is 0.229. The van der Waals surface area contributed by atoms with E-state index in [2.05, 4.69) is 15.3 Å². The fourth-order valence-electron chi connectivity index (χ4n) is 2.99. The van der Waals surface area contributed by atoms with Crippen molar-refractivity contribution < 1.29 is 22.7 Å². The number of urea groups is 1. The SMILES string of the molecule is CCc1cnc(OC2CCCN(C(=O)Nc3ccccc3C(F)(F)F)C2)nc1. The second kappa shape index (κ2) is 8.45. The van der Waals surface area contributed by atoms with E-state index in [9.17, 15) is 18.0 Å². The quantitative estimate of drug-likeness (QED) is 0.847. The molecule has 1 aliphatic rings. The van der Waals surface area contributed by atoms with Crippen LogP contribution in [0.25, 0.3) is 0 Å². The van der Waals surface area contributed by atoms with Crippen LogP contribution in [0.4, 0.5) is 23.7 Å². The van der Waals surface area contributed by atoms with Crippen molar-refractivity contribution in [3.8, 4) is 6.01 Å². The van der Waals surface area contributed by atoms with E-state index < -0.39 is 17.8 Å². The van der Waals surface area contributed by atoms with Crippen LogP contribution in [0.1, 0.15) is 30.9 Å². The third-order valence-electron chi connectivity index (χ3n) is 4.50. The molecule has 9 heteroatoms. The number of benzene rings is 1. The van der Waals surface area contributed by atoms with Gasteiger partial charge in [0.1, 0.15) is 6.10 Å². The fourth-order valence-corrected chi connectivity index (χ4v) is 2.99. The maximum Gasteiger partial charge on any atom is 0.418 e. The van der Waals surface area contributed by atoms with Crippen LogP contribution in [-0.4, -0.2) is 40.1 Å². The van der Waals surface area contributed by atoms with Crippen LogP contribution in [-0.2, 0) is 12.6 Å². The van der Waals surface area contributed by atoms with Gasteiger partial charge in [-0.05, 0) is 37.0 Å². The normalized spacial score (nSPS) is 17.3. The van der Waals surface area contributed by atoms with Gasteiger partial charge < -0.3 is 15.0 Å². The number of aryl methyl sites for hydroxylation is 1. The molecular weight excluding hydrogens is 373 g/mol. The molecule has 0 spiro atoms. The van der Waals surface area contributed by atoms with Gasteiger partial charge >= 0.3 is 18.2 Å². The number of halogens is 3. The largest absolute Gasteiger partial charge is 0.458 e. The Kier molecular flexibility index (Phi) is 6.01. The number of alkyl halides is 3. The monoisotopic (exact) mass is 394 g/mol. The van der Waals surface area contributed by atoms with Gasteiger partial charge in [-0.1, -0.05) is 19.1 Å². The van der Waals surface area contributed by atoms with Crippen molar-refractivity contribution in [3.63, 3.8) is 0 Å². The molecule has 0 radical (unpaired) electrons. The van der Waals surface area contributed by atoms with Gasteiger partial charge in [-0.25, -0.2) is 14.8 Å². The Labute approximate surface area is 160 Å². The number of rotatable bonds is 4. The number of hydrogen-bond donors (Lipinski definition) is 1. The predicted molar refractivity (Wildman–Crippen MR) is 97.1 cm³/mol. The summed E-state index contributed by atoms with van der Waals surface area (Å²) in [4.78, 5) is 22.2. The average Bonchev–Trinajstić information content (AvgIpc) is 2.68. The number of piperidine rings is 1. The molecule has 2 heterocycles. The zero-order valence-electron chi connectivity index (χ0n) is 15.4. The van der Waals surface area contributed by atoms with Crippen molar-refractivity contribution >= 4 is 11.7 Å². The smallest absolute Gasteiger partial charge is 0.418 e. The summed E-state index contributed by atoms with van der Waals surface area (Å²) in [5, 5.41) is 2.37. The van der Waals surface area contributed by atoms with E-state index in [-0.39, 0.29) is 24.3 Å². The summed E-state index contributed by atoms with van der Waals surface area (Å²) in [7, 11) is 0. The van der Waals surface area contributed by atoms with Gasteiger partial charge in [0.25, 0.3) is 0 Å². The number of nitrogens with one attached hydrogen (secondary N) is 1. The van der Waals surface area contributed by atoms with Gasteiger partial charge in [0, 0.05) is 18.9 Å². The molecule has 0 saturated carbocycles. The molecule has 1 fully saturated rings. The minimum Gasteiger partial charge on any atom is -0.458 e. The second-order valence-corrected chi connectivity index (χ2v) is 6.53.